The van der Waals surface area contributed by atoms with Gasteiger partial charge in [-0.25, -0.2) is 0 Å². The molecule has 1 N–H and O–H groups in total. The Balaban J connectivity index is 1.60. The molecule has 1 heterocycles. The molecule has 0 bridgehead atoms. The third-order valence-electron chi connectivity index (χ3n) is 6.18. The van der Waals surface area contributed by atoms with Crippen LogP contribution in [-0.2, 0) is 16.1 Å². The van der Waals surface area contributed by atoms with Gasteiger partial charge in [-0.05, 0) is 48.6 Å². The van der Waals surface area contributed by atoms with Gasteiger partial charge in [-0.2, -0.15) is 0 Å². The summed E-state index contributed by atoms with van der Waals surface area (Å²) >= 11 is 3.47. The molecule has 4 rings (SSSR count). The molecule has 7 heteroatoms. The van der Waals surface area contributed by atoms with Crippen LogP contribution < -0.4 is 10.2 Å². The van der Waals surface area contributed by atoms with Crippen molar-refractivity contribution in [3.8, 4) is 0 Å². The second-order valence-corrected chi connectivity index (χ2v) is 9.46. The van der Waals surface area contributed by atoms with E-state index < -0.39 is 6.04 Å². The molecule has 1 aliphatic rings. The van der Waals surface area contributed by atoms with Gasteiger partial charge in [-0.3, -0.25) is 19.3 Å². The van der Waals surface area contributed by atoms with E-state index in [-0.39, 0.29) is 30.8 Å². The van der Waals surface area contributed by atoms with Crippen LogP contribution in [0.25, 0.3) is 10.8 Å². The molecule has 3 amide bonds. The Hall–Kier alpha value is -3.19. The van der Waals surface area contributed by atoms with E-state index in [9.17, 15) is 14.4 Å². The fourth-order valence-corrected chi connectivity index (χ4v) is 4.76. The summed E-state index contributed by atoms with van der Waals surface area (Å²) < 4.78 is 0.897. The van der Waals surface area contributed by atoms with E-state index in [1.54, 1.807) is 17.9 Å². The van der Waals surface area contributed by atoms with Gasteiger partial charge in [0.15, 0.2) is 0 Å². The molecule has 1 atom stereocenters. The first-order valence-electron chi connectivity index (χ1n) is 11.6. The highest BCUT2D eigenvalue weighted by Gasteiger charge is 2.34. The number of carbonyl (C=O) groups is 3. The van der Waals surface area contributed by atoms with Crippen molar-refractivity contribution in [2.24, 2.45) is 0 Å². The van der Waals surface area contributed by atoms with E-state index in [4.69, 9.17) is 0 Å². The van der Waals surface area contributed by atoms with E-state index >= 15 is 0 Å². The van der Waals surface area contributed by atoms with Crippen molar-refractivity contribution in [1.82, 2.24) is 10.2 Å². The molecule has 0 aromatic heterocycles. The minimum Gasteiger partial charge on any atom is -0.354 e. The van der Waals surface area contributed by atoms with Crippen molar-refractivity contribution in [2.75, 3.05) is 18.0 Å². The molecule has 3 aromatic carbocycles. The Morgan fingerprint density at radius 3 is 2.56 bits per heavy atom. The van der Waals surface area contributed by atoms with Crippen molar-refractivity contribution in [2.45, 2.75) is 39.3 Å². The zero-order valence-corrected chi connectivity index (χ0v) is 21.0. The number of hydrogen-bond donors (Lipinski definition) is 1. The number of anilines is 1. The highest BCUT2D eigenvalue weighted by atomic mass is 79.9. The fraction of sp³-hybridized carbons (Fsp3) is 0.296. The maximum Gasteiger partial charge on any atom is 0.259 e. The topological polar surface area (TPSA) is 69.7 Å². The van der Waals surface area contributed by atoms with Gasteiger partial charge in [0.1, 0.15) is 12.6 Å². The van der Waals surface area contributed by atoms with E-state index in [0.717, 1.165) is 39.3 Å². The standard InChI is InChI=1S/C27H28BrN3O3/c1-3-4-14-29-26(33)18(2)30(16-19-8-5-11-21(28)15-19)24(32)17-31-23-13-7-10-20-9-6-12-22(25(20)23)27(31)34/h5-13,15,18H,3-4,14,16-17H2,1-2H3,(H,29,33)/t18-/m1/s1. The Morgan fingerprint density at radius 1 is 1.09 bits per heavy atom. The van der Waals surface area contributed by atoms with Gasteiger partial charge in [0.25, 0.3) is 5.91 Å². The van der Waals surface area contributed by atoms with Crippen molar-refractivity contribution in [3.63, 3.8) is 0 Å². The summed E-state index contributed by atoms with van der Waals surface area (Å²) in [5, 5.41) is 4.76. The van der Waals surface area contributed by atoms with Crippen LogP contribution in [0.15, 0.2) is 65.1 Å². The number of benzene rings is 3. The molecule has 0 fully saturated rings. The van der Waals surface area contributed by atoms with Crippen LogP contribution in [0.1, 0.15) is 42.6 Å². The van der Waals surface area contributed by atoms with E-state index in [0.29, 0.717) is 12.1 Å². The van der Waals surface area contributed by atoms with Crippen molar-refractivity contribution in [3.05, 3.63) is 76.3 Å². The predicted molar refractivity (Wildman–Crippen MR) is 138 cm³/mol. The van der Waals surface area contributed by atoms with Crippen molar-refractivity contribution < 1.29 is 14.4 Å². The first-order chi connectivity index (χ1) is 16.4. The average Bonchev–Trinajstić information content (AvgIpc) is 3.10. The number of nitrogens with zero attached hydrogens (tertiary/aromatic N) is 2. The van der Waals surface area contributed by atoms with Crippen LogP contribution in [0.2, 0.25) is 0 Å². The van der Waals surface area contributed by atoms with Crippen LogP contribution in [0.3, 0.4) is 0 Å². The minimum atomic E-state index is -0.681. The van der Waals surface area contributed by atoms with Gasteiger partial charge in [0.2, 0.25) is 11.8 Å². The van der Waals surface area contributed by atoms with E-state index in [1.807, 2.05) is 54.6 Å². The molecule has 3 aromatic rings. The minimum absolute atomic E-state index is 0.132. The molecule has 6 nitrogen and oxygen atoms in total. The number of hydrogen-bond acceptors (Lipinski definition) is 3. The zero-order chi connectivity index (χ0) is 24.2. The molecular formula is C27H28BrN3O3. The molecule has 0 saturated carbocycles. The van der Waals surface area contributed by atoms with Crippen LogP contribution >= 0.6 is 15.9 Å². The fourth-order valence-electron chi connectivity index (χ4n) is 4.31. The lowest BCUT2D eigenvalue weighted by Crippen LogP contribution is -2.51. The molecule has 1 aliphatic heterocycles. The predicted octanol–water partition coefficient (Wildman–Crippen LogP) is 4.90. The smallest absolute Gasteiger partial charge is 0.259 e. The maximum absolute atomic E-state index is 13.6. The van der Waals surface area contributed by atoms with Crippen LogP contribution in [0, 0.1) is 0 Å². The Labute approximate surface area is 208 Å². The summed E-state index contributed by atoms with van der Waals surface area (Å²) in [5.74, 6) is -0.672. The molecule has 176 valence electrons. The van der Waals surface area contributed by atoms with Gasteiger partial charge < -0.3 is 10.2 Å². The largest absolute Gasteiger partial charge is 0.354 e. The maximum atomic E-state index is 13.6. The SMILES string of the molecule is CCCCNC(=O)[C@@H](C)N(Cc1cccc(Br)c1)C(=O)CN1C(=O)c2cccc3cccc1c23. The van der Waals surface area contributed by atoms with Gasteiger partial charge in [0.05, 0.1) is 5.69 Å². The van der Waals surface area contributed by atoms with Crippen molar-refractivity contribution >= 4 is 50.1 Å². The molecule has 34 heavy (non-hydrogen) atoms. The van der Waals surface area contributed by atoms with Crippen LogP contribution in [0.5, 0.6) is 0 Å². The Morgan fingerprint density at radius 2 is 1.82 bits per heavy atom. The first-order valence-corrected chi connectivity index (χ1v) is 12.3. The zero-order valence-electron chi connectivity index (χ0n) is 19.4. The highest BCUT2D eigenvalue weighted by molar-refractivity contribution is 9.10. The average molecular weight is 522 g/mol. The quantitative estimate of drug-likeness (QED) is 0.407. The highest BCUT2D eigenvalue weighted by Crippen LogP contribution is 2.37. The lowest BCUT2D eigenvalue weighted by Gasteiger charge is -2.30. The molecular weight excluding hydrogens is 494 g/mol. The second kappa shape index (κ2) is 10.4. The van der Waals surface area contributed by atoms with Gasteiger partial charge in [0, 0.05) is 28.5 Å². The summed E-state index contributed by atoms with van der Waals surface area (Å²) in [6, 6.07) is 18.3. The Bertz CT molecular complexity index is 1240. The van der Waals surface area contributed by atoms with E-state index in [1.165, 1.54) is 4.90 Å². The monoisotopic (exact) mass is 521 g/mol. The van der Waals surface area contributed by atoms with E-state index in [2.05, 4.69) is 28.2 Å². The first kappa shape index (κ1) is 24.0. The molecule has 0 radical (unpaired) electrons. The number of amides is 3. The lowest BCUT2D eigenvalue weighted by molar-refractivity contribution is -0.139. The molecule has 0 saturated heterocycles. The lowest BCUT2D eigenvalue weighted by atomic mass is 10.1. The number of unbranched alkanes of at least 4 members (excludes halogenated alkanes) is 1. The number of nitrogens with one attached hydrogen (secondary N) is 1. The third-order valence-corrected chi connectivity index (χ3v) is 6.67. The summed E-state index contributed by atoms with van der Waals surface area (Å²) in [6.07, 6.45) is 1.85. The summed E-state index contributed by atoms with van der Waals surface area (Å²) in [7, 11) is 0. The second-order valence-electron chi connectivity index (χ2n) is 8.54. The Kier molecular flexibility index (Phi) is 7.32. The number of rotatable bonds is 9. The van der Waals surface area contributed by atoms with Gasteiger partial charge >= 0.3 is 0 Å². The third kappa shape index (κ3) is 4.85. The summed E-state index contributed by atoms with van der Waals surface area (Å²) in [4.78, 5) is 42.7. The summed E-state index contributed by atoms with van der Waals surface area (Å²) in [6.45, 7) is 4.50. The molecule has 0 aliphatic carbocycles. The molecule has 0 spiro atoms. The summed E-state index contributed by atoms with van der Waals surface area (Å²) in [5.41, 5.74) is 2.23. The van der Waals surface area contributed by atoms with Crippen LogP contribution in [-0.4, -0.2) is 41.8 Å². The number of carbonyl (C=O) groups excluding carboxylic acids is 3. The van der Waals surface area contributed by atoms with Gasteiger partial charge in [-0.1, -0.05) is 65.7 Å². The van der Waals surface area contributed by atoms with Gasteiger partial charge in [-0.15, -0.1) is 0 Å². The number of halogens is 1. The normalized spacial score (nSPS) is 13.3. The molecule has 0 unspecified atom stereocenters. The van der Waals surface area contributed by atoms with Crippen molar-refractivity contribution in [1.29, 1.82) is 0 Å². The van der Waals surface area contributed by atoms with Crippen LogP contribution in [0.4, 0.5) is 5.69 Å².